The molecule has 6 nitrogen and oxygen atoms in total. The predicted octanol–water partition coefficient (Wildman–Crippen LogP) is 0.577. The van der Waals surface area contributed by atoms with Crippen LogP contribution in [0.5, 0.6) is 0 Å². The van der Waals surface area contributed by atoms with Crippen LogP contribution in [0.15, 0.2) is 17.2 Å². The van der Waals surface area contributed by atoms with Gasteiger partial charge in [-0.2, -0.15) is 0 Å². The van der Waals surface area contributed by atoms with Crippen molar-refractivity contribution in [1.82, 2.24) is 9.55 Å². The van der Waals surface area contributed by atoms with Crippen LogP contribution in [-0.2, 0) is 9.53 Å². The summed E-state index contributed by atoms with van der Waals surface area (Å²) in [6, 6.07) is 0.341. The average molecular weight is 263 g/mol. The van der Waals surface area contributed by atoms with Crippen molar-refractivity contribution < 1.29 is 9.53 Å². The second-order valence-electron chi connectivity index (χ2n) is 5.15. The van der Waals surface area contributed by atoms with Crippen LogP contribution in [-0.4, -0.2) is 35.7 Å². The molecule has 1 saturated heterocycles. The van der Waals surface area contributed by atoms with Gasteiger partial charge in [0.2, 0.25) is 0 Å². The summed E-state index contributed by atoms with van der Waals surface area (Å²) in [5.74, 6) is 0.0996. The van der Waals surface area contributed by atoms with Crippen molar-refractivity contribution in [3.8, 4) is 0 Å². The van der Waals surface area contributed by atoms with Gasteiger partial charge < -0.3 is 14.2 Å². The lowest BCUT2D eigenvalue weighted by Gasteiger charge is -2.17. The zero-order valence-corrected chi connectivity index (χ0v) is 10.9. The Balaban J connectivity index is 1.82. The molecule has 1 aromatic heterocycles. The van der Waals surface area contributed by atoms with E-state index in [1.54, 1.807) is 17.0 Å². The second-order valence-corrected chi connectivity index (χ2v) is 5.15. The molecule has 2 fully saturated rings. The van der Waals surface area contributed by atoms with Gasteiger partial charge in [-0.05, 0) is 19.3 Å². The Morgan fingerprint density at radius 2 is 2.21 bits per heavy atom. The third kappa shape index (κ3) is 2.22. The maximum absolute atomic E-state index is 12.3. The Morgan fingerprint density at radius 3 is 2.89 bits per heavy atom. The molecule has 1 atom stereocenters. The molecule has 102 valence electrons. The van der Waals surface area contributed by atoms with Crippen LogP contribution in [0.2, 0.25) is 0 Å². The Kier molecular flexibility index (Phi) is 3.00. The van der Waals surface area contributed by atoms with Crippen molar-refractivity contribution in [3.63, 3.8) is 0 Å². The number of carbonyl (C=O) groups excluding carboxylic acids is 1. The highest BCUT2D eigenvalue weighted by Crippen LogP contribution is 2.33. The van der Waals surface area contributed by atoms with Gasteiger partial charge in [0.05, 0.1) is 13.0 Å². The van der Waals surface area contributed by atoms with Gasteiger partial charge in [-0.3, -0.25) is 9.59 Å². The number of methoxy groups -OCH3 is 1. The van der Waals surface area contributed by atoms with E-state index in [-0.39, 0.29) is 17.4 Å². The predicted molar refractivity (Wildman–Crippen MR) is 69.1 cm³/mol. The molecular formula is C13H17N3O3. The van der Waals surface area contributed by atoms with E-state index < -0.39 is 0 Å². The molecule has 19 heavy (non-hydrogen) atoms. The molecule has 0 spiro atoms. The summed E-state index contributed by atoms with van der Waals surface area (Å²) in [4.78, 5) is 29.9. The summed E-state index contributed by atoms with van der Waals surface area (Å²) in [5.41, 5.74) is -0.0458. The van der Waals surface area contributed by atoms with E-state index in [2.05, 4.69) is 4.98 Å². The zero-order valence-electron chi connectivity index (χ0n) is 10.9. The van der Waals surface area contributed by atoms with Crippen molar-refractivity contribution in [2.45, 2.75) is 25.3 Å². The number of anilines is 1. The first-order valence-corrected chi connectivity index (χ1v) is 6.60. The molecule has 3 rings (SSSR count). The van der Waals surface area contributed by atoms with Gasteiger partial charge >= 0.3 is 5.97 Å². The van der Waals surface area contributed by atoms with E-state index in [9.17, 15) is 9.59 Å². The van der Waals surface area contributed by atoms with Crippen LogP contribution in [0, 0.1) is 5.92 Å². The minimum absolute atomic E-state index is 0.0458. The normalized spacial score (nSPS) is 22.6. The van der Waals surface area contributed by atoms with Crippen molar-refractivity contribution in [2.75, 3.05) is 25.1 Å². The third-order valence-corrected chi connectivity index (χ3v) is 3.81. The third-order valence-electron chi connectivity index (χ3n) is 3.81. The Labute approximate surface area is 111 Å². The topological polar surface area (TPSA) is 64.4 Å². The minimum Gasteiger partial charge on any atom is -0.469 e. The lowest BCUT2D eigenvalue weighted by atomic mass is 10.1. The number of hydrogen-bond donors (Lipinski definition) is 0. The van der Waals surface area contributed by atoms with Gasteiger partial charge in [0.25, 0.3) is 5.56 Å². The summed E-state index contributed by atoms with van der Waals surface area (Å²) in [6.07, 6.45) is 6.26. The summed E-state index contributed by atoms with van der Waals surface area (Å²) in [6.45, 7) is 1.19. The van der Waals surface area contributed by atoms with Crippen molar-refractivity contribution in [2.24, 2.45) is 5.92 Å². The van der Waals surface area contributed by atoms with Gasteiger partial charge in [0.1, 0.15) is 0 Å². The van der Waals surface area contributed by atoms with Gasteiger partial charge in [-0.15, -0.1) is 0 Å². The van der Waals surface area contributed by atoms with Gasteiger partial charge in [-0.1, -0.05) is 0 Å². The summed E-state index contributed by atoms with van der Waals surface area (Å²) in [7, 11) is 1.39. The Hall–Kier alpha value is -1.85. The lowest BCUT2D eigenvalue weighted by molar-refractivity contribution is -0.144. The Bertz CT molecular complexity index is 550. The van der Waals surface area contributed by atoms with E-state index >= 15 is 0 Å². The fourth-order valence-electron chi connectivity index (χ4n) is 2.58. The van der Waals surface area contributed by atoms with E-state index in [0.29, 0.717) is 31.4 Å². The number of aromatic nitrogens is 2. The SMILES string of the molecule is COC(=O)C1CCN(c2nccn(C3CC3)c2=O)C1. The molecule has 0 amide bonds. The minimum atomic E-state index is -0.207. The number of rotatable bonds is 3. The Morgan fingerprint density at radius 1 is 1.42 bits per heavy atom. The van der Waals surface area contributed by atoms with Crippen LogP contribution in [0.25, 0.3) is 0 Å². The number of ether oxygens (including phenoxy) is 1. The molecule has 1 unspecified atom stereocenters. The van der Waals surface area contributed by atoms with Crippen molar-refractivity contribution in [1.29, 1.82) is 0 Å². The summed E-state index contributed by atoms with van der Waals surface area (Å²) in [5, 5.41) is 0. The van der Waals surface area contributed by atoms with Crippen LogP contribution in [0.1, 0.15) is 25.3 Å². The molecule has 6 heteroatoms. The molecule has 1 saturated carbocycles. The number of esters is 1. The zero-order chi connectivity index (χ0) is 13.4. The lowest BCUT2D eigenvalue weighted by Crippen LogP contribution is -2.32. The maximum Gasteiger partial charge on any atom is 0.310 e. The maximum atomic E-state index is 12.3. The molecule has 0 aromatic carbocycles. The molecule has 0 radical (unpaired) electrons. The summed E-state index contributed by atoms with van der Waals surface area (Å²) >= 11 is 0. The second kappa shape index (κ2) is 4.68. The smallest absolute Gasteiger partial charge is 0.310 e. The first kappa shape index (κ1) is 12.2. The number of carbonyl (C=O) groups is 1. The van der Waals surface area contributed by atoms with E-state index in [4.69, 9.17) is 4.74 Å². The fraction of sp³-hybridized carbons (Fsp3) is 0.615. The van der Waals surface area contributed by atoms with E-state index in [1.807, 2.05) is 4.90 Å². The van der Waals surface area contributed by atoms with Crippen LogP contribution in [0.3, 0.4) is 0 Å². The monoisotopic (exact) mass is 263 g/mol. The molecular weight excluding hydrogens is 246 g/mol. The molecule has 1 aromatic rings. The first-order valence-electron chi connectivity index (χ1n) is 6.60. The molecule has 0 N–H and O–H groups in total. The largest absolute Gasteiger partial charge is 0.469 e. The van der Waals surface area contributed by atoms with E-state index in [0.717, 1.165) is 12.8 Å². The van der Waals surface area contributed by atoms with Gasteiger partial charge in [-0.25, -0.2) is 4.98 Å². The van der Waals surface area contributed by atoms with Crippen molar-refractivity contribution >= 4 is 11.8 Å². The highest BCUT2D eigenvalue weighted by molar-refractivity contribution is 5.73. The molecule has 1 aliphatic carbocycles. The number of nitrogens with zero attached hydrogens (tertiary/aromatic N) is 3. The van der Waals surface area contributed by atoms with Crippen LogP contribution >= 0.6 is 0 Å². The van der Waals surface area contributed by atoms with Crippen molar-refractivity contribution in [3.05, 3.63) is 22.7 Å². The number of hydrogen-bond acceptors (Lipinski definition) is 5. The highest BCUT2D eigenvalue weighted by atomic mass is 16.5. The average Bonchev–Trinajstić information content (AvgIpc) is 3.15. The van der Waals surface area contributed by atoms with Crippen LogP contribution in [0.4, 0.5) is 5.82 Å². The molecule has 1 aliphatic heterocycles. The van der Waals surface area contributed by atoms with Crippen LogP contribution < -0.4 is 10.5 Å². The summed E-state index contributed by atoms with van der Waals surface area (Å²) < 4.78 is 6.51. The first-order chi connectivity index (χ1) is 9.20. The highest BCUT2D eigenvalue weighted by Gasteiger charge is 2.32. The van der Waals surface area contributed by atoms with Gasteiger partial charge in [0.15, 0.2) is 5.82 Å². The van der Waals surface area contributed by atoms with E-state index in [1.165, 1.54) is 7.11 Å². The molecule has 0 bridgehead atoms. The molecule has 2 heterocycles. The standard InChI is InChI=1S/C13H17N3O3/c1-19-13(18)9-4-6-15(8-9)11-12(17)16(7-5-14-11)10-2-3-10/h5,7,9-10H,2-4,6,8H2,1H3. The molecule has 2 aliphatic rings. The quantitative estimate of drug-likeness (QED) is 0.746. The van der Waals surface area contributed by atoms with Gasteiger partial charge in [0, 0.05) is 31.5 Å². The fourth-order valence-corrected chi connectivity index (χ4v) is 2.58.